The smallest absolute Gasteiger partial charge is 0.0780 e. The molecule has 0 bridgehead atoms. The molecule has 0 aromatic rings. The Balaban J connectivity index is 2.36. The van der Waals surface area contributed by atoms with Crippen LogP contribution < -0.4 is 0 Å². The molecule has 74 valence electrons. The number of dihydropyridines is 1. The fourth-order valence-electron chi connectivity index (χ4n) is 1.84. The lowest BCUT2D eigenvalue weighted by Crippen LogP contribution is -2.18. The lowest BCUT2D eigenvalue weighted by Gasteiger charge is -2.21. The van der Waals surface area contributed by atoms with Crippen LogP contribution in [0.25, 0.3) is 0 Å². The molecule has 0 aromatic heterocycles. The van der Waals surface area contributed by atoms with E-state index in [1.54, 1.807) is 0 Å². The Morgan fingerprint density at radius 3 is 2.86 bits per heavy atom. The van der Waals surface area contributed by atoms with E-state index in [1.807, 2.05) is 6.21 Å². The lowest BCUT2D eigenvalue weighted by atomic mass is 9.91. The van der Waals surface area contributed by atoms with E-state index in [4.69, 9.17) is 0 Å². The number of hydrogen-bond donors (Lipinski definition) is 0. The van der Waals surface area contributed by atoms with Crippen molar-refractivity contribution in [3.05, 3.63) is 36.0 Å². The maximum atomic E-state index is 4.48. The molecule has 14 heavy (non-hydrogen) atoms. The van der Waals surface area contributed by atoms with Crippen LogP contribution in [0.3, 0.4) is 0 Å². The van der Waals surface area contributed by atoms with E-state index in [9.17, 15) is 0 Å². The zero-order valence-electron chi connectivity index (χ0n) is 8.64. The van der Waals surface area contributed by atoms with Crippen molar-refractivity contribution in [3.63, 3.8) is 0 Å². The first-order chi connectivity index (χ1) is 6.58. The predicted molar refractivity (Wildman–Crippen MR) is 65.9 cm³/mol. The summed E-state index contributed by atoms with van der Waals surface area (Å²) in [6, 6.07) is 0.304. The van der Waals surface area contributed by atoms with Crippen molar-refractivity contribution in [1.29, 1.82) is 0 Å². The van der Waals surface area contributed by atoms with Gasteiger partial charge in [0, 0.05) is 17.3 Å². The summed E-state index contributed by atoms with van der Waals surface area (Å²) in [4.78, 5) is 4.48. The average molecular weight is 205 g/mol. The Kier molecular flexibility index (Phi) is 2.45. The van der Waals surface area contributed by atoms with Crippen molar-refractivity contribution in [2.75, 3.05) is 0 Å². The molecule has 0 amide bonds. The molecule has 1 aliphatic carbocycles. The summed E-state index contributed by atoms with van der Waals surface area (Å²) in [6.07, 6.45) is 13.0. The van der Waals surface area contributed by atoms with Gasteiger partial charge in [-0.3, -0.25) is 4.99 Å². The van der Waals surface area contributed by atoms with Crippen LogP contribution >= 0.6 is 9.24 Å². The first-order valence-corrected chi connectivity index (χ1v) is 5.54. The number of rotatable bonds is 0. The topological polar surface area (TPSA) is 12.4 Å². The van der Waals surface area contributed by atoms with Gasteiger partial charge in [0.25, 0.3) is 0 Å². The molecule has 1 nitrogen and oxygen atoms in total. The molecule has 0 N–H and O–H groups in total. The molecule has 0 fully saturated rings. The van der Waals surface area contributed by atoms with Crippen molar-refractivity contribution in [2.45, 2.75) is 25.0 Å². The van der Waals surface area contributed by atoms with Crippen molar-refractivity contribution in [2.24, 2.45) is 10.9 Å². The number of aliphatic imine (C=N–C) groups is 1. The van der Waals surface area contributed by atoms with Gasteiger partial charge in [-0.05, 0) is 19.9 Å². The first-order valence-electron chi connectivity index (χ1n) is 4.96. The summed E-state index contributed by atoms with van der Waals surface area (Å²) in [5.74, 6) is 0.457. The second-order valence-electron chi connectivity index (χ2n) is 4.31. The number of hydrogen-bond acceptors (Lipinski definition) is 1. The summed E-state index contributed by atoms with van der Waals surface area (Å²) in [7, 11) is 2.86. The van der Waals surface area contributed by atoms with E-state index >= 15 is 0 Å². The van der Waals surface area contributed by atoms with Gasteiger partial charge in [-0.15, -0.1) is 9.24 Å². The van der Waals surface area contributed by atoms with Gasteiger partial charge < -0.3 is 0 Å². The fourth-order valence-corrected chi connectivity index (χ4v) is 2.06. The highest BCUT2D eigenvalue weighted by molar-refractivity contribution is 7.19. The van der Waals surface area contributed by atoms with Gasteiger partial charge in [-0.2, -0.15) is 0 Å². The minimum Gasteiger partial charge on any atom is -0.285 e. The lowest BCUT2D eigenvalue weighted by molar-refractivity contribution is 0.656. The SMILES string of the molecule is CC1=CC=NC2C=CC(C)(P)C=CC12. The van der Waals surface area contributed by atoms with Crippen molar-refractivity contribution >= 4 is 15.5 Å². The standard InChI is InChI=1S/C12H16NP/c1-9-5-8-13-11-4-7-12(2,14)6-3-10(9)11/h3-8,10-11H,14H2,1-2H3. The molecular formula is C12H16NP. The Morgan fingerprint density at radius 1 is 1.36 bits per heavy atom. The molecule has 2 aliphatic rings. The van der Waals surface area contributed by atoms with E-state index in [1.165, 1.54) is 5.57 Å². The fraction of sp³-hybridized carbons (Fsp3) is 0.417. The summed E-state index contributed by atoms with van der Waals surface area (Å²) in [5.41, 5.74) is 1.40. The maximum Gasteiger partial charge on any atom is 0.0780 e. The second kappa shape index (κ2) is 3.47. The highest BCUT2D eigenvalue weighted by atomic mass is 31.0. The minimum atomic E-state index is 0.0904. The van der Waals surface area contributed by atoms with Crippen LogP contribution in [0.5, 0.6) is 0 Å². The van der Waals surface area contributed by atoms with Crippen LogP contribution in [0.15, 0.2) is 40.9 Å². The highest BCUT2D eigenvalue weighted by Gasteiger charge is 2.24. The third kappa shape index (κ3) is 1.88. The van der Waals surface area contributed by atoms with Gasteiger partial charge in [0.05, 0.1) is 6.04 Å². The number of allylic oxidation sites excluding steroid dienone is 3. The monoisotopic (exact) mass is 205 g/mol. The summed E-state index contributed by atoms with van der Waals surface area (Å²) in [6.45, 7) is 4.36. The molecule has 0 spiro atoms. The van der Waals surface area contributed by atoms with Gasteiger partial charge in [0.15, 0.2) is 0 Å². The van der Waals surface area contributed by atoms with Crippen LogP contribution in [0, 0.1) is 5.92 Å². The van der Waals surface area contributed by atoms with Crippen molar-refractivity contribution in [1.82, 2.24) is 0 Å². The predicted octanol–water partition coefficient (Wildman–Crippen LogP) is 2.76. The summed E-state index contributed by atoms with van der Waals surface area (Å²) >= 11 is 0. The molecule has 1 aliphatic heterocycles. The van der Waals surface area contributed by atoms with Gasteiger partial charge in [-0.25, -0.2) is 0 Å². The van der Waals surface area contributed by atoms with Crippen LogP contribution in [0.1, 0.15) is 13.8 Å². The van der Waals surface area contributed by atoms with Crippen LogP contribution in [0.4, 0.5) is 0 Å². The van der Waals surface area contributed by atoms with Gasteiger partial charge in [0.2, 0.25) is 0 Å². The van der Waals surface area contributed by atoms with Crippen LogP contribution in [-0.2, 0) is 0 Å². The molecule has 0 saturated heterocycles. The maximum absolute atomic E-state index is 4.48. The normalized spacial score (nSPS) is 40.4. The zero-order chi connectivity index (χ0) is 10.2. The third-order valence-corrected chi connectivity index (χ3v) is 3.19. The van der Waals surface area contributed by atoms with E-state index in [0.29, 0.717) is 12.0 Å². The van der Waals surface area contributed by atoms with E-state index < -0.39 is 0 Å². The number of fused-ring (bicyclic) bond motifs is 1. The largest absolute Gasteiger partial charge is 0.285 e. The quantitative estimate of drug-likeness (QED) is 0.426. The van der Waals surface area contributed by atoms with Gasteiger partial charge >= 0.3 is 0 Å². The Labute approximate surface area is 87.9 Å². The Bertz CT molecular complexity index is 347. The molecule has 0 saturated carbocycles. The summed E-state index contributed by atoms with van der Waals surface area (Å²) < 4.78 is 0. The first kappa shape index (κ1) is 9.86. The third-order valence-electron chi connectivity index (χ3n) is 2.80. The molecule has 4 unspecified atom stereocenters. The minimum absolute atomic E-state index is 0.0904. The average Bonchev–Trinajstić information content (AvgIpc) is 2.27. The molecule has 4 atom stereocenters. The van der Waals surface area contributed by atoms with E-state index in [-0.39, 0.29) is 5.16 Å². The summed E-state index contributed by atoms with van der Waals surface area (Å²) in [5, 5.41) is 0.0904. The highest BCUT2D eigenvalue weighted by Crippen LogP contribution is 2.31. The second-order valence-corrected chi connectivity index (χ2v) is 5.55. The molecule has 0 aromatic carbocycles. The molecule has 1 heterocycles. The Morgan fingerprint density at radius 2 is 2.07 bits per heavy atom. The van der Waals surface area contributed by atoms with Crippen LogP contribution in [-0.4, -0.2) is 17.4 Å². The molecule has 2 rings (SSSR count). The van der Waals surface area contributed by atoms with Crippen LogP contribution in [0.2, 0.25) is 0 Å². The van der Waals surface area contributed by atoms with Gasteiger partial charge in [-0.1, -0.05) is 29.9 Å². The van der Waals surface area contributed by atoms with E-state index in [0.717, 1.165) is 0 Å². The molecular weight excluding hydrogens is 189 g/mol. The van der Waals surface area contributed by atoms with Crippen molar-refractivity contribution in [3.8, 4) is 0 Å². The molecule has 2 heteroatoms. The van der Waals surface area contributed by atoms with Gasteiger partial charge in [0.1, 0.15) is 0 Å². The molecule has 0 radical (unpaired) electrons. The van der Waals surface area contributed by atoms with Crippen molar-refractivity contribution < 1.29 is 0 Å². The zero-order valence-corrected chi connectivity index (χ0v) is 9.80. The number of nitrogens with zero attached hydrogens (tertiary/aromatic N) is 1. The Hall–Kier alpha value is -0.680. The van der Waals surface area contributed by atoms with E-state index in [2.05, 4.69) is 58.5 Å².